The Morgan fingerprint density at radius 3 is 3.00 bits per heavy atom. The average Bonchev–Trinajstić information content (AvgIpc) is 2.97. The van der Waals surface area contributed by atoms with E-state index in [9.17, 15) is 4.21 Å². The highest BCUT2D eigenvalue weighted by molar-refractivity contribution is 7.84. The molecule has 120 valence electrons. The van der Waals surface area contributed by atoms with Gasteiger partial charge in [0.15, 0.2) is 5.65 Å². The topological polar surface area (TPSA) is 78.3 Å². The van der Waals surface area contributed by atoms with Crippen LogP contribution in [0.25, 0.3) is 16.7 Å². The van der Waals surface area contributed by atoms with Gasteiger partial charge in [0.25, 0.3) is 0 Å². The lowest BCUT2D eigenvalue weighted by atomic mass is 10.3. The van der Waals surface area contributed by atoms with Crippen LogP contribution in [-0.4, -0.2) is 47.9 Å². The van der Waals surface area contributed by atoms with Crippen molar-refractivity contribution in [1.82, 2.24) is 24.1 Å². The molecule has 0 amide bonds. The zero-order valence-corrected chi connectivity index (χ0v) is 13.4. The van der Waals surface area contributed by atoms with E-state index in [0.29, 0.717) is 5.25 Å². The first-order valence-corrected chi connectivity index (χ1v) is 9.22. The molecule has 2 fully saturated rings. The maximum absolute atomic E-state index is 12.1. The second kappa shape index (κ2) is 5.04. The summed E-state index contributed by atoms with van der Waals surface area (Å²) in [4.78, 5) is 14.4. The van der Waals surface area contributed by atoms with Gasteiger partial charge >= 0.3 is 0 Å². The molecule has 5 rings (SSSR count). The molecule has 23 heavy (non-hydrogen) atoms. The Morgan fingerprint density at radius 1 is 1.26 bits per heavy atom. The number of aromatic nitrogens is 4. The van der Waals surface area contributed by atoms with Crippen molar-refractivity contribution in [3.05, 3.63) is 24.7 Å². The molecule has 1 saturated heterocycles. The summed E-state index contributed by atoms with van der Waals surface area (Å²) in [5, 5.41) is 0.377. The van der Waals surface area contributed by atoms with Gasteiger partial charge in [-0.2, -0.15) is 0 Å². The number of hydrogen-bond donors (Lipinski definition) is 2. The number of nitrogens with one attached hydrogen (secondary N) is 2. The lowest BCUT2D eigenvalue weighted by Gasteiger charge is -2.17. The Kier molecular flexibility index (Phi) is 2.96. The standard InChI is InChI=1S/C15H18N6OS/c22-23(12-1-2-12)19-10-4-6-20(9-10)15-18-8-11-7-17-14-13(21(11)15)3-5-16-14/h3,5,7-8,10,12,16,19H,1-2,4,6,9H2. The van der Waals surface area contributed by atoms with Crippen molar-refractivity contribution < 1.29 is 4.21 Å². The summed E-state index contributed by atoms with van der Waals surface area (Å²) in [5.74, 6) is 0.938. The maximum atomic E-state index is 12.1. The molecule has 1 saturated carbocycles. The van der Waals surface area contributed by atoms with Crippen LogP contribution < -0.4 is 9.62 Å². The molecule has 1 aliphatic heterocycles. The van der Waals surface area contributed by atoms with Crippen molar-refractivity contribution in [2.45, 2.75) is 30.6 Å². The predicted molar refractivity (Wildman–Crippen MR) is 89.8 cm³/mol. The minimum Gasteiger partial charge on any atom is -0.345 e. The molecule has 0 aromatic carbocycles. The van der Waals surface area contributed by atoms with Crippen molar-refractivity contribution in [3.8, 4) is 0 Å². The second-order valence-corrected chi connectivity index (χ2v) is 7.83. The van der Waals surface area contributed by atoms with E-state index in [4.69, 9.17) is 0 Å². The molecule has 0 radical (unpaired) electrons. The fraction of sp³-hybridized carbons (Fsp3) is 0.467. The first-order valence-electron chi connectivity index (χ1n) is 8.01. The zero-order valence-electron chi connectivity index (χ0n) is 12.6. The van der Waals surface area contributed by atoms with Crippen molar-refractivity contribution in [2.24, 2.45) is 0 Å². The third kappa shape index (κ3) is 2.24. The number of rotatable bonds is 4. The third-order valence-electron chi connectivity index (χ3n) is 4.62. The van der Waals surface area contributed by atoms with E-state index in [1.165, 1.54) is 0 Å². The van der Waals surface area contributed by atoms with Crippen molar-refractivity contribution in [3.63, 3.8) is 0 Å². The molecule has 2 unspecified atom stereocenters. The fourth-order valence-corrected chi connectivity index (χ4v) is 4.54. The van der Waals surface area contributed by atoms with Crippen molar-refractivity contribution in [2.75, 3.05) is 18.0 Å². The molecular weight excluding hydrogens is 312 g/mol. The normalized spacial score (nSPS) is 23.1. The number of hydrogen-bond acceptors (Lipinski definition) is 4. The zero-order chi connectivity index (χ0) is 15.4. The van der Waals surface area contributed by atoms with E-state index < -0.39 is 11.0 Å². The summed E-state index contributed by atoms with van der Waals surface area (Å²) in [6, 6.07) is 2.29. The number of aromatic amines is 1. The van der Waals surface area contributed by atoms with Crippen LogP contribution in [0.2, 0.25) is 0 Å². The van der Waals surface area contributed by atoms with E-state index in [0.717, 1.165) is 55.0 Å². The second-order valence-electron chi connectivity index (χ2n) is 6.33. The van der Waals surface area contributed by atoms with E-state index >= 15 is 0 Å². The molecule has 7 nitrogen and oxygen atoms in total. The van der Waals surface area contributed by atoms with Crippen LogP contribution in [0.4, 0.5) is 5.95 Å². The minimum absolute atomic E-state index is 0.271. The van der Waals surface area contributed by atoms with Gasteiger partial charge in [-0.1, -0.05) is 0 Å². The van der Waals surface area contributed by atoms with E-state index in [1.807, 2.05) is 24.7 Å². The third-order valence-corrected chi connectivity index (χ3v) is 6.26. The Bertz CT molecular complexity index is 898. The first-order chi connectivity index (χ1) is 11.3. The van der Waals surface area contributed by atoms with Crippen molar-refractivity contribution in [1.29, 1.82) is 0 Å². The fourth-order valence-electron chi connectivity index (χ4n) is 3.26. The monoisotopic (exact) mass is 330 g/mol. The molecular formula is C15H18N6OS. The Balaban J connectivity index is 1.44. The molecule has 3 aromatic rings. The largest absolute Gasteiger partial charge is 0.345 e. The van der Waals surface area contributed by atoms with Gasteiger partial charge in [-0.15, -0.1) is 0 Å². The van der Waals surface area contributed by atoms with Crippen LogP contribution >= 0.6 is 0 Å². The molecule has 1 aliphatic carbocycles. The van der Waals surface area contributed by atoms with E-state index in [-0.39, 0.29) is 6.04 Å². The van der Waals surface area contributed by atoms with E-state index in [1.54, 1.807) is 0 Å². The molecule has 8 heteroatoms. The van der Waals surface area contributed by atoms with Gasteiger partial charge in [-0.05, 0) is 25.3 Å². The molecule has 2 aliphatic rings. The highest BCUT2D eigenvalue weighted by atomic mass is 32.2. The highest BCUT2D eigenvalue weighted by Crippen LogP contribution is 2.27. The van der Waals surface area contributed by atoms with Crippen LogP contribution in [0.3, 0.4) is 0 Å². The van der Waals surface area contributed by atoms with Gasteiger partial charge in [0.2, 0.25) is 5.95 Å². The Morgan fingerprint density at radius 2 is 2.13 bits per heavy atom. The van der Waals surface area contributed by atoms with Crippen LogP contribution in [0.5, 0.6) is 0 Å². The smallest absolute Gasteiger partial charge is 0.210 e. The van der Waals surface area contributed by atoms with Crippen LogP contribution in [0.1, 0.15) is 19.3 Å². The summed E-state index contributed by atoms with van der Waals surface area (Å²) in [7, 11) is -0.874. The molecule has 4 heterocycles. The lowest BCUT2D eigenvalue weighted by molar-refractivity contribution is 0.636. The first kappa shape index (κ1) is 13.5. The minimum atomic E-state index is -0.874. The number of anilines is 1. The molecule has 0 spiro atoms. The van der Waals surface area contributed by atoms with Gasteiger partial charge in [-0.25, -0.2) is 18.9 Å². The van der Waals surface area contributed by atoms with Crippen LogP contribution in [0, 0.1) is 0 Å². The SMILES string of the molecule is O=S(NC1CCN(c2ncc3cnc4[nH]ccc4n23)C1)C1CC1. The average molecular weight is 330 g/mol. The Hall–Kier alpha value is -1.93. The molecule has 2 atom stereocenters. The van der Waals surface area contributed by atoms with Gasteiger partial charge in [0, 0.05) is 30.6 Å². The van der Waals surface area contributed by atoms with Crippen LogP contribution in [0.15, 0.2) is 24.7 Å². The summed E-state index contributed by atoms with van der Waals surface area (Å²) in [6.07, 6.45) is 8.78. The van der Waals surface area contributed by atoms with Crippen molar-refractivity contribution >= 4 is 33.6 Å². The number of H-pyrrole nitrogens is 1. The van der Waals surface area contributed by atoms with Crippen LogP contribution in [-0.2, 0) is 11.0 Å². The Labute approximate surface area is 135 Å². The predicted octanol–water partition coefficient (Wildman–Crippen LogP) is 1.20. The molecule has 0 bridgehead atoms. The quantitative estimate of drug-likeness (QED) is 0.754. The number of nitrogens with zero attached hydrogens (tertiary/aromatic N) is 4. The summed E-state index contributed by atoms with van der Waals surface area (Å²) in [5.41, 5.74) is 2.89. The van der Waals surface area contributed by atoms with Gasteiger partial charge in [-0.3, -0.25) is 4.40 Å². The highest BCUT2D eigenvalue weighted by Gasteiger charge is 2.32. The van der Waals surface area contributed by atoms with Gasteiger partial charge < -0.3 is 9.88 Å². The number of imidazole rings is 1. The summed E-state index contributed by atoms with van der Waals surface area (Å²) >= 11 is 0. The maximum Gasteiger partial charge on any atom is 0.210 e. The molecule has 3 aromatic heterocycles. The molecule has 2 N–H and O–H groups in total. The van der Waals surface area contributed by atoms with Gasteiger partial charge in [0.1, 0.15) is 0 Å². The summed E-state index contributed by atoms with van der Waals surface area (Å²) in [6.45, 7) is 1.76. The lowest BCUT2D eigenvalue weighted by Crippen LogP contribution is -2.35. The summed E-state index contributed by atoms with van der Waals surface area (Å²) < 4.78 is 17.5. The number of fused-ring (bicyclic) bond motifs is 3. The van der Waals surface area contributed by atoms with E-state index in [2.05, 4.69) is 29.0 Å². The van der Waals surface area contributed by atoms with Gasteiger partial charge in [0.05, 0.1) is 34.4 Å².